The van der Waals surface area contributed by atoms with E-state index in [1.54, 1.807) is 13.8 Å². The van der Waals surface area contributed by atoms with Gasteiger partial charge < -0.3 is 13.9 Å². The molecule has 0 aromatic heterocycles. The topological polar surface area (TPSA) is 61.8 Å². The fourth-order valence-corrected chi connectivity index (χ4v) is 5.08. The molecule has 0 radical (unpaired) electrons. The highest BCUT2D eigenvalue weighted by molar-refractivity contribution is 6.74. The van der Waals surface area contributed by atoms with Gasteiger partial charge in [-0.05, 0) is 84.0 Å². The minimum absolute atomic E-state index is 0.0199. The molecule has 1 saturated heterocycles. The first-order valence-electron chi connectivity index (χ1n) is 12.3. The Morgan fingerprint density at radius 3 is 2.24 bits per heavy atom. The third-order valence-electron chi connectivity index (χ3n) is 6.76. The van der Waals surface area contributed by atoms with Crippen molar-refractivity contribution in [2.45, 2.75) is 129 Å². The predicted molar refractivity (Wildman–Crippen MR) is 138 cm³/mol. The molecular weight excluding hydrogens is 456 g/mol. The Morgan fingerprint density at radius 1 is 1.12 bits per heavy atom. The van der Waals surface area contributed by atoms with E-state index in [4.69, 9.17) is 25.5 Å². The van der Waals surface area contributed by atoms with Crippen molar-refractivity contribution in [3.8, 4) is 0 Å². The van der Waals surface area contributed by atoms with E-state index in [1.807, 2.05) is 26.8 Å². The van der Waals surface area contributed by atoms with Crippen molar-refractivity contribution in [2.24, 2.45) is 5.41 Å². The molecule has 0 spiro atoms. The summed E-state index contributed by atoms with van der Waals surface area (Å²) in [5.41, 5.74) is 0.212. The van der Waals surface area contributed by atoms with Crippen LogP contribution in [0.2, 0.25) is 18.1 Å². The van der Waals surface area contributed by atoms with Crippen molar-refractivity contribution < 1.29 is 23.5 Å². The van der Waals surface area contributed by atoms with Crippen LogP contribution in [0.25, 0.3) is 0 Å². The summed E-state index contributed by atoms with van der Waals surface area (Å²) in [5, 5.41) is -0.0884. The zero-order chi connectivity index (χ0) is 25.6. The zero-order valence-corrected chi connectivity index (χ0v) is 24.3. The van der Waals surface area contributed by atoms with Gasteiger partial charge in [0.25, 0.3) is 0 Å². The van der Waals surface area contributed by atoms with Crippen LogP contribution < -0.4 is 0 Å². The summed E-state index contributed by atoms with van der Waals surface area (Å²) in [6, 6.07) is 0. The molecule has 0 unspecified atom stereocenters. The Morgan fingerprint density at radius 2 is 1.73 bits per heavy atom. The third-order valence-corrected chi connectivity index (χ3v) is 11.6. The van der Waals surface area contributed by atoms with Gasteiger partial charge in [-0.1, -0.05) is 26.8 Å². The van der Waals surface area contributed by atoms with Gasteiger partial charge in [0, 0.05) is 6.42 Å². The number of carbonyl (C=O) groups excluding carboxylic acids is 2. The van der Waals surface area contributed by atoms with Gasteiger partial charge in [0.1, 0.15) is 0 Å². The van der Waals surface area contributed by atoms with Gasteiger partial charge >= 0.3 is 5.97 Å². The van der Waals surface area contributed by atoms with Crippen LogP contribution in [-0.2, 0) is 23.5 Å². The van der Waals surface area contributed by atoms with Crippen molar-refractivity contribution in [3.63, 3.8) is 0 Å². The number of ketones is 1. The van der Waals surface area contributed by atoms with Gasteiger partial charge in [-0.25, -0.2) is 0 Å². The summed E-state index contributed by atoms with van der Waals surface area (Å²) in [5.74, 6) is -0.127. The van der Waals surface area contributed by atoms with E-state index in [1.165, 1.54) is 0 Å². The smallest absolute Gasteiger partial charge is 0.311 e. The lowest BCUT2D eigenvalue weighted by molar-refractivity contribution is -0.153. The Labute approximate surface area is 208 Å². The molecule has 5 nitrogen and oxygen atoms in total. The first kappa shape index (κ1) is 30.3. The maximum absolute atomic E-state index is 12.0. The van der Waals surface area contributed by atoms with E-state index < -0.39 is 13.7 Å². The van der Waals surface area contributed by atoms with Crippen molar-refractivity contribution in [1.82, 2.24) is 0 Å². The number of halogens is 1. The van der Waals surface area contributed by atoms with Gasteiger partial charge in [0.15, 0.2) is 14.1 Å². The quantitative estimate of drug-likeness (QED) is 0.102. The summed E-state index contributed by atoms with van der Waals surface area (Å²) >= 11 is 6.49. The number of allylic oxidation sites excluding steroid dienone is 2. The van der Waals surface area contributed by atoms with Gasteiger partial charge in [0.05, 0.1) is 35.7 Å². The lowest BCUT2D eigenvalue weighted by Crippen LogP contribution is -2.46. The monoisotopic (exact) mass is 502 g/mol. The normalized spacial score (nSPS) is 23.5. The number of rotatable bonds is 11. The highest BCUT2D eigenvalue weighted by Crippen LogP contribution is 2.40. The summed E-state index contributed by atoms with van der Waals surface area (Å²) in [6.45, 7) is 20.6. The van der Waals surface area contributed by atoms with E-state index in [2.05, 4.69) is 33.9 Å². The molecule has 33 heavy (non-hydrogen) atoms. The lowest BCUT2D eigenvalue weighted by Gasteiger charge is -2.39. The summed E-state index contributed by atoms with van der Waals surface area (Å²) < 4.78 is 18.6. The number of alkyl halides is 1. The second-order valence-corrected chi connectivity index (χ2v) is 17.3. The Kier molecular flexibility index (Phi) is 11.3. The highest BCUT2D eigenvalue weighted by atomic mass is 35.5. The molecular formula is C26H47ClO5Si. The number of Topliss-reactive ketones (excluding diaryl/α,β-unsaturated/α-hetero) is 1. The molecule has 0 N–H and O–H groups in total. The van der Waals surface area contributed by atoms with E-state index >= 15 is 0 Å². The summed E-state index contributed by atoms with van der Waals surface area (Å²) in [7, 11) is -1.95. The molecule has 0 aromatic carbocycles. The van der Waals surface area contributed by atoms with E-state index in [-0.39, 0.29) is 40.5 Å². The number of hydrogen-bond donors (Lipinski definition) is 0. The molecule has 0 saturated carbocycles. The second kappa shape index (κ2) is 12.3. The minimum atomic E-state index is -1.95. The minimum Gasteiger partial charge on any atom is -0.465 e. The van der Waals surface area contributed by atoms with Crippen LogP contribution >= 0.6 is 11.6 Å². The van der Waals surface area contributed by atoms with Gasteiger partial charge in [0.2, 0.25) is 0 Å². The van der Waals surface area contributed by atoms with Crippen molar-refractivity contribution in [2.75, 3.05) is 6.61 Å². The Balaban J connectivity index is 2.74. The largest absolute Gasteiger partial charge is 0.465 e. The molecule has 0 aromatic rings. The standard InChI is InChI=1S/C26H47ClO5Si/c1-18(19(2)28)16-20(27)13-14-22-23(32-33(9,10)26(6,7)8)17-21(31-22)12-11-15-30-24(29)25(3,4)5/h16,20-23H,11-15,17H2,1-10H3/b18-16+/t20-,21-,22-,23-/m0/s1. The molecule has 1 rings (SSSR count). The van der Waals surface area contributed by atoms with Crippen molar-refractivity contribution >= 4 is 31.7 Å². The van der Waals surface area contributed by atoms with Crippen LogP contribution in [0.5, 0.6) is 0 Å². The van der Waals surface area contributed by atoms with E-state index in [0.29, 0.717) is 12.2 Å². The average Bonchev–Trinajstić information content (AvgIpc) is 3.02. The molecule has 0 aliphatic carbocycles. The SMILES string of the molecule is CC(=O)/C(C)=C/[C@@H](Cl)CC[C@@H]1O[C@@H](CCCOC(=O)C(C)(C)C)C[C@@H]1O[Si](C)(C)C(C)(C)C. The van der Waals surface area contributed by atoms with Crippen molar-refractivity contribution in [1.29, 1.82) is 0 Å². The molecule has 4 atom stereocenters. The van der Waals surface area contributed by atoms with Crippen LogP contribution in [0.3, 0.4) is 0 Å². The number of esters is 1. The molecule has 1 aliphatic heterocycles. The fraction of sp³-hybridized carbons (Fsp3) is 0.846. The van der Waals surface area contributed by atoms with Crippen LogP contribution in [0.4, 0.5) is 0 Å². The maximum atomic E-state index is 12.0. The van der Waals surface area contributed by atoms with Crippen LogP contribution in [0.15, 0.2) is 11.6 Å². The average molecular weight is 503 g/mol. The van der Waals surface area contributed by atoms with Gasteiger partial charge in [-0.2, -0.15) is 0 Å². The van der Waals surface area contributed by atoms with Crippen LogP contribution in [0.1, 0.15) is 87.5 Å². The van der Waals surface area contributed by atoms with Gasteiger partial charge in [-0.15, -0.1) is 11.6 Å². The third kappa shape index (κ3) is 10.2. The van der Waals surface area contributed by atoms with Gasteiger partial charge in [-0.3, -0.25) is 9.59 Å². The lowest BCUT2D eigenvalue weighted by atomic mass is 9.97. The fourth-order valence-electron chi connectivity index (χ4n) is 3.41. The Bertz CT molecular complexity index is 690. The number of ether oxygens (including phenoxy) is 2. The molecule has 7 heteroatoms. The number of hydrogen-bond acceptors (Lipinski definition) is 5. The molecule has 0 bridgehead atoms. The molecule has 1 aliphatic rings. The molecule has 192 valence electrons. The molecule has 0 amide bonds. The predicted octanol–water partition coefficient (Wildman–Crippen LogP) is 6.83. The number of carbonyl (C=O) groups is 2. The molecule has 1 heterocycles. The van der Waals surface area contributed by atoms with E-state index in [9.17, 15) is 9.59 Å². The van der Waals surface area contributed by atoms with Crippen molar-refractivity contribution in [3.05, 3.63) is 11.6 Å². The van der Waals surface area contributed by atoms with E-state index in [0.717, 1.165) is 32.1 Å². The second-order valence-electron chi connectivity index (χ2n) is 12.0. The summed E-state index contributed by atoms with van der Waals surface area (Å²) in [6.07, 6.45) is 5.89. The maximum Gasteiger partial charge on any atom is 0.311 e. The Hall–Kier alpha value is -0.693. The van der Waals surface area contributed by atoms with Crippen LogP contribution in [0, 0.1) is 5.41 Å². The first-order chi connectivity index (χ1) is 14.9. The molecule has 1 fully saturated rings. The van der Waals surface area contributed by atoms with Crippen LogP contribution in [-0.4, -0.2) is 50.4 Å². The highest BCUT2D eigenvalue weighted by Gasteiger charge is 2.44. The first-order valence-corrected chi connectivity index (χ1v) is 15.6. The summed E-state index contributed by atoms with van der Waals surface area (Å²) in [4.78, 5) is 23.5. The zero-order valence-electron chi connectivity index (χ0n) is 22.5.